The van der Waals surface area contributed by atoms with Crippen LogP contribution in [0.2, 0.25) is 0 Å². The molecule has 0 radical (unpaired) electrons. The second kappa shape index (κ2) is 3.82. The number of rotatable bonds is 3. The minimum absolute atomic E-state index is 0.0181. The zero-order valence-corrected chi connectivity index (χ0v) is 8.68. The topological polar surface area (TPSA) is 21.8 Å². The quantitative estimate of drug-likeness (QED) is 0.618. The Labute approximate surface area is 87.9 Å². The van der Waals surface area contributed by atoms with Crippen LogP contribution < -0.4 is 4.74 Å². The lowest BCUT2D eigenvalue weighted by Gasteiger charge is -2.07. The van der Waals surface area contributed by atoms with Gasteiger partial charge in [-0.15, -0.1) is 0 Å². The van der Waals surface area contributed by atoms with E-state index in [1.165, 1.54) is 6.07 Å². The van der Waals surface area contributed by atoms with Crippen molar-refractivity contribution < 1.29 is 18.3 Å². The van der Waals surface area contributed by atoms with Gasteiger partial charge in [-0.3, -0.25) is 0 Å². The van der Waals surface area contributed by atoms with Crippen molar-refractivity contribution in [3.05, 3.63) is 28.2 Å². The van der Waals surface area contributed by atoms with Gasteiger partial charge in [-0.1, -0.05) is 0 Å². The van der Waals surface area contributed by atoms with Crippen LogP contribution in [-0.2, 0) is 4.74 Å². The maximum absolute atomic E-state index is 13.2. The second-order valence-corrected chi connectivity index (χ2v) is 3.79. The number of hydrogen-bond acceptors (Lipinski definition) is 2. The van der Waals surface area contributed by atoms with Crippen LogP contribution in [0.3, 0.4) is 0 Å². The highest BCUT2D eigenvalue weighted by molar-refractivity contribution is 9.10. The van der Waals surface area contributed by atoms with E-state index in [4.69, 9.17) is 9.47 Å². The van der Waals surface area contributed by atoms with Crippen molar-refractivity contribution in [1.29, 1.82) is 0 Å². The van der Waals surface area contributed by atoms with Gasteiger partial charge in [-0.05, 0) is 28.1 Å². The molecule has 0 saturated carbocycles. The van der Waals surface area contributed by atoms with E-state index in [9.17, 15) is 8.78 Å². The lowest BCUT2D eigenvalue weighted by atomic mass is 10.3. The normalized spacial score (nSPS) is 19.5. The van der Waals surface area contributed by atoms with Crippen molar-refractivity contribution in [2.24, 2.45) is 0 Å². The first-order valence-corrected chi connectivity index (χ1v) is 4.85. The number of benzene rings is 1. The Hall–Kier alpha value is -0.680. The van der Waals surface area contributed by atoms with Gasteiger partial charge in [0.15, 0.2) is 11.6 Å². The summed E-state index contributed by atoms with van der Waals surface area (Å²) in [6, 6.07) is 2.45. The Balaban J connectivity index is 2.16. The van der Waals surface area contributed by atoms with E-state index in [1.807, 2.05) is 0 Å². The molecule has 0 N–H and O–H groups in total. The maximum atomic E-state index is 13.2. The van der Waals surface area contributed by atoms with Gasteiger partial charge in [0.1, 0.15) is 12.7 Å². The van der Waals surface area contributed by atoms with Crippen LogP contribution in [0.4, 0.5) is 8.78 Å². The summed E-state index contributed by atoms with van der Waals surface area (Å²) in [6.07, 6.45) is 0.0181. The second-order valence-electron chi connectivity index (χ2n) is 2.94. The molecule has 2 nitrogen and oxygen atoms in total. The first-order chi connectivity index (χ1) is 6.68. The summed E-state index contributed by atoms with van der Waals surface area (Å²) in [4.78, 5) is 0. The molecule has 1 atom stereocenters. The van der Waals surface area contributed by atoms with Crippen molar-refractivity contribution in [2.75, 3.05) is 13.2 Å². The summed E-state index contributed by atoms with van der Waals surface area (Å²) in [5.41, 5.74) is 0. The van der Waals surface area contributed by atoms with Crippen molar-refractivity contribution in [3.8, 4) is 5.75 Å². The molecule has 1 fully saturated rings. The van der Waals surface area contributed by atoms with Crippen LogP contribution in [0.5, 0.6) is 5.75 Å². The fourth-order valence-electron chi connectivity index (χ4n) is 0.981. The first kappa shape index (κ1) is 9.86. The third kappa shape index (κ3) is 2.04. The molecular weight excluding hydrogens is 258 g/mol. The van der Waals surface area contributed by atoms with Crippen LogP contribution >= 0.6 is 15.9 Å². The van der Waals surface area contributed by atoms with Crippen molar-refractivity contribution in [3.63, 3.8) is 0 Å². The molecular formula is C9H7BrF2O2. The zero-order valence-electron chi connectivity index (χ0n) is 7.10. The van der Waals surface area contributed by atoms with Crippen molar-refractivity contribution >= 4 is 15.9 Å². The first-order valence-electron chi connectivity index (χ1n) is 4.06. The average Bonchev–Trinajstić information content (AvgIpc) is 2.95. The van der Waals surface area contributed by atoms with E-state index >= 15 is 0 Å². The highest BCUT2D eigenvalue weighted by atomic mass is 79.9. The van der Waals surface area contributed by atoms with Gasteiger partial charge in [0.2, 0.25) is 5.82 Å². The molecule has 1 heterocycles. The highest BCUT2D eigenvalue weighted by Crippen LogP contribution is 2.30. The number of epoxide rings is 1. The van der Waals surface area contributed by atoms with Crippen molar-refractivity contribution in [2.45, 2.75) is 6.10 Å². The molecule has 1 saturated heterocycles. The van der Waals surface area contributed by atoms with Gasteiger partial charge < -0.3 is 9.47 Å². The predicted octanol–water partition coefficient (Wildman–Crippen LogP) is 2.50. The monoisotopic (exact) mass is 264 g/mol. The summed E-state index contributed by atoms with van der Waals surface area (Å²) in [6.45, 7) is 0.869. The Bertz CT molecular complexity index is 353. The molecule has 1 aliphatic rings. The summed E-state index contributed by atoms with van der Waals surface area (Å²) in [5, 5.41) is 0. The third-order valence-electron chi connectivity index (χ3n) is 1.82. The van der Waals surface area contributed by atoms with Crippen LogP contribution in [0.1, 0.15) is 0 Å². The highest BCUT2D eigenvalue weighted by Gasteiger charge is 2.24. The van der Waals surface area contributed by atoms with E-state index in [1.54, 1.807) is 0 Å². The summed E-state index contributed by atoms with van der Waals surface area (Å²) in [5.74, 6) is -1.99. The number of halogens is 3. The van der Waals surface area contributed by atoms with E-state index in [-0.39, 0.29) is 18.5 Å². The van der Waals surface area contributed by atoms with Gasteiger partial charge >= 0.3 is 0 Å². The van der Waals surface area contributed by atoms with Gasteiger partial charge in [-0.2, -0.15) is 4.39 Å². The van der Waals surface area contributed by atoms with Crippen LogP contribution in [0.25, 0.3) is 0 Å². The lowest BCUT2D eigenvalue weighted by molar-refractivity contribution is 0.249. The largest absolute Gasteiger partial charge is 0.486 e. The molecule has 0 bridgehead atoms. The molecule has 0 spiro atoms. The van der Waals surface area contributed by atoms with Gasteiger partial charge in [-0.25, -0.2) is 4.39 Å². The number of hydrogen-bond donors (Lipinski definition) is 0. The van der Waals surface area contributed by atoms with E-state index in [0.717, 1.165) is 6.07 Å². The molecule has 2 rings (SSSR count). The van der Waals surface area contributed by atoms with Crippen LogP contribution in [0, 0.1) is 11.6 Å². The molecule has 76 valence electrons. The van der Waals surface area contributed by atoms with Crippen molar-refractivity contribution in [1.82, 2.24) is 0 Å². The Morgan fingerprint density at radius 1 is 1.50 bits per heavy atom. The lowest BCUT2D eigenvalue weighted by Crippen LogP contribution is -2.06. The summed E-state index contributed by atoms with van der Waals surface area (Å²) in [7, 11) is 0. The smallest absolute Gasteiger partial charge is 0.201 e. The summed E-state index contributed by atoms with van der Waals surface area (Å²) < 4.78 is 36.3. The minimum atomic E-state index is -0.972. The molecule has 5 heteroatoms. The van der Waals surface area contributed by atoms with Gasteiger partial charge in [0, 0.05) is 0 Å². The molecule has 0 aliphatic carbocycles. The Kier molecular flexibility index (Phi) is 2.69. The van der Waals surface area contributed by atoms with Crippen LogP contribution in [-0.4, -0.2) is 19.3 Å². The van der Waals surface area contributed by atoms with E-state index in [2.05, 4.69) is 15.9 Å². The standard InChI is InChI=1S/C9H7BrF2O2/c10-6-1-2-7(11)8(12)9(6)14-4-5-3-13-5/h1-2,5H,3-4H2. The van der Waals surface area contributed by atoms with Gasteiger partial charge in [0.05, 0.1) is 11.1 Å². The molecule has 0 amide bonds. The Morgan fingerprint density at radius 3 is 2.86 bits per heavy atom. The summed E-state index contributed by atoms with van der Waals surface area (Å²) >= 11 is 3.08. The fourth-order valence-corrected chi connectivity index (χ4v) is 1.40. The molecule has 0 aromatic heterocycles. The molecule has 1 aromatic carbocycles. The zero-order chi connectivity index (χ0) is 10.1. The molecule has 1 aliphatic heterocycles. The minimum Gasteiger partial charge on any atom is -0.486 e. The maximum Gasteiger partial charge on any atom is 0.201 e. The fraction of sp³-hybridized carbons (Fsp3) is 0.333. The van der Waals surface area contributed by atoms with E-state index < -0.39 is 11.6 Å². The SMILES string of the molecule is Fc1ccc(Br)c(OCC2CO2)c1F. The molecule has 14 heavy (non-hydrogen) atoms. The van der Waals surface area contributed by atoms with Gasteiger partial charge in [0.25, 0.3) is 0 Å². The average molecular weight is 265 g/mol. The third-order valence-corrected chi connectivity index (χ3v) is 2.44. The Morgan fingerprint density at radius 2 is 2.21 bits per heavy atom. The number of ether oxygens (including phenoxy) is 2. The van der Waals surface area contributed by atoms with Crippen LogP contribution in [0.15, 0.2) is 16.6 Å². The molecule has 1 aromatic rings. The molecule has 1 unspecified atom stereocenters. The predicted molar refractivity (Wildman–Crippen MR) is 49.3 cm³/mol. The van der Waals surface area contributed by atoms with E-state index in [0.29, 0.717) is 11.1 Å².